The number of hydrogen-bond acceptors (Lipinski definition) is 4. The van der Waals surface area contributed by atoms with E-state index in [0.29, 0.717) is 5.56 Å². The fourth-order valence-corrected chi connectivity index (χ4v) is 4.50. The topological polar surface area (TPSA) is 76.7 Å². The summed E-state index contributed by atoms with van der Waals surface area (Å²) in [6.07, 6.45) is -4.54. The molecule has 0 aliphatic heterocycles. The number of carbonyl (C=O) groups excluding carboxylic acids is 1. The molecular formula is C19H22F3N2O4P. The van der Waals surface area contributed by atoms with E-state index < -0.39 is 31.1 Å². The number of halogens is 3. The van der Waals surface area contributed by atoms with E-state index in [2.05, 4.69) is 10.6 Å². The largest absolute Gasteiger partial charge is 0.416 e. The van der Waals surface area contributed by atoms with Gasteiger partial charge in [-0.25, -0.2) is 4.79 Å². The van der Waals surface area contributed by atoms with E-state index in [0.717, 1.165) is 12.1 Å². The van der Waals surface area contributed by atoms with E-state index in [1.165, 1.54) is 12.1 Å². The fraction of sp³-hybridized carbons (Fsp3) is 0.316. The van der Waals surface area contributed by atoms with Gasteiger partial charge in [0, 0.05) is 5.69 Å². The van der Waals surface area contributed by atoms with Crippen molar-refractivity contribution in [1.82, 2.24) is 5.32 Å². The minimum atomic E-state index is -4.54. The van der Waals surface area contributed by atoms with E-state index in [1.807, 2.05) is 0 Å². The van der Waals surface area contributed by atoms with Gasteiger partial charge in [-0.3, -0.25) is 4.57 Å². The summed E-state index contributed by atoms with van der Waals surface area (Å²) in [5.41, 5.74) is -0.493. The molecular weight excluding hydrogens is 408 g/mol. The summed E-state index contributed by atoms with van der Waals surface area (Å²) in [6, 6.07) is 11.8. The molecule has 158 valence electrons. The van der Waals surface area contributed by atoms with Crippen molar-refractivity contribution in [3.05, 3.63) is 65.7 Å². The van der Waals surface area contributed by atoms with Crippen molar-refractivity contribution >= 4 is 19.3 Å². The Labute approximate surface area is 166 Å². The van der Waals surface area contributed by atoms with Gasteiger partial charge in [-0.15, -0.1) is 0 Å². The Hall–Kier alpha value is -2.35. The van der Waals surface area contributed by atoms with Crippen LogP contribution in [0.4, 0.5) is 23.7 Å². The summed E-state index contributed by atoms with van der Waals surface area (Å²) in [4.78, 5) is 12.5. The van der Waals surface area contributed by atoms with Crippen molar-refractivity contribution in [1.29, 1.82) is 0 Å². The van der Waals surface area contributed by atoms with Crippen molar-refractivity contribution in [3.63, 3.8) is 0 Å². The lowest BCUT2D eigenvalue weighted by Gasteiger charge is -2.27. The first-order chi connectivity index (χ1) is 13.7. The van der Waals surface area contributed by atoms with Gasteiger partial charge in [0.25, 0.3) is 0 Å². The molecule has 2 rings (SSSR count). The lowest BCUT2D eigenvalue weighted by molar-refractivity contribution is -0.137. The summed E-state index contributed by atoms with van der Waals surface area (Å²) in [5, 5.41) is 4.83. The van der Waals surface area contributed by atoms with Crippen molar-refractivity contribution in [3.8, 4) is 0 Å². The van der Waals surface area contributed by atoms with E-state index in [-0.39, 0.29) is 18.9 Å². The molecule has 2 amide bonds. The summed E-state index contributed by atoms with van der Waals surface area (Å²) >= 11 is 0. The van der Waals surface area contributed by atoms with Crippen LogP contribution in [-0.4, -0.2) is 19.2 Å². The minimum Gasteiger partial charge on any atom is -0.320 e. The summed E-state index contributed by atoms with van der Waals surface area (Å²) in [6.45, 7) is 3.43. The van der Waals surface area contributed by atoms with Crippen LogP contribution in [0.1, 0.15) is 30.8 Å². The van der Waals surface area contributed by atoms with Gasteiger partial charge in [-0.1, -0.05) is 36.4 Å². The van der Waals surface area contributed by atoms with Gasteiger partial charge in [0.1, 0.15) is 0 Å². The highest BCUT2D eigenvalue weighted by atomic mass is 31.2. The maximum absolute atomic E-state index is 13.3. The number of benzene rings is 2. The van der Waals surface area contributed by atoms with Gasteiger partial charge in [0.05, 0.1) is 18.8 Å². The average molecular weight is 430 g/mol. The van der Waals surface area contributed by atoms with Crippen LogP contribution < -0.4 is 10.6 Å². The minimum absolute atomic E-state index is 0.0632. The number of anilines is 1. The number of amides is 2. The molecule has 1 atom stereocenters. The first-order valence-electron chi connectivity index (χ1n) is 8.88. The molecule has 0 aliphatic carbocycles. The van der Waals surface area contributed by atoms with Gasteiger partial charge < -0.3 is 19.7 Å². The fourth-order valence-electron chi connectivity index (χ4n) is 2.59. The zero-order valence-corrected chi connectivity index (χ0v) is 16.8. The first kappa shape index (κ1) is 22.9. The number of nitrogens with one attached hydrogen (secondary N) is 2. The SMILES string of the molecule is CCOP(=O)(OCC)[C@@H](NC(=O)Nc1cccc(C(F)(F)F)c1)c1ccccc1. The second-order valence-corrected chi connectivity index (χ2v) is 7.98. The third-order valence-corrected chi connectivity index (χ3v) is 6.06. The highest BCUT2D eigenvalue weighted by Crippen LogP contribution is 2.59. The molecule has 0 saturated carbocycles. The molecule has 0 aliphatic rings. The van der Waals surface area contributed by atoms with E-state index >= 15 is 0 Å². The first-order valence-corrected chi connectivity index (χ1v) is 10.5. The normalized spacial score (nSPS) is 13.0. The summed E-state index contributed by atoms with van der Waals surface area (Å²) in [7, 11) is -3.80. The van der Waals surface area contributed by atoms with Gasteiger partial charge in [-0.2, -0.15) is 13.2 Å². The Kier molecular flexibility index (Phi) is 7.84. The number of rotatable bonds is 8. The zero-order valence-electron chi connectivity index (χ0n) is 15.9. The lowest BCUT2D eigenvalue weighted by Crippen LogP contribution is -2.33. The molecule has 0 radical (unpaired) electrons. The molecule has 2 aromatic rings. The van der Waals surface area contributed by atoms with Crippen LogP contribution >= 0.6 is 7.60 Å². The van der Waals surface area contributed by atoms with Crippen molar-refractivity contribution in [2.45, 2.75) is 25.8 Å². The molecule has 0 fully saturated rings. The maximum Gasteiger partial charge on any atom is 0.416 e. The Bertz CT molecular complexity index is 852. The average Bonchev–Trinajstić information content (AvgIpc) is 2.66. The van der Waals surface area contributed by atoms with Gasteiger partial charge in [0.15, 0.2) is 5.78 Å². The maximum atomic E-state index is 13.3. The van der Waals surface area contributed by atoms with Crippen LogP contribution in [-0.2, 0) is 19.8 Å². The number of alkyl halides is 3. The molecule has 2 N–H and O–H groups in total. The van der Waals surface area contributed by atoms with Crippen molar-refractivity contribution in [2.75, 3.05) is 18.5 Å². The Balaban J connectivity index is 2.27. The predicted molar refractivity (Wildman–Crippen MR) is 104 cm³/mol. The third kappa shape index (κ3) is 6.32. The number of carbonyl (C=O) groups is 1. The van der Waals surface area contributed by atoms with Crippen LogP contribution in [0.15, 0.2) is 54.6 Å². The third-order valence-electron chi connectivity index (χ3n) is 3.77. The Morgan fingerprint density at radius 3 is 2.21 bits per heavy atom. The van der Waals surface area contributed by atoms with E-state index in [9.17, 15) is 22.5 Å². The van der Waals surface area contributed by atoms with Crippen molar-refractivity contribution < 1.29 is 31.6 Å². The summed E-state index contributed by atoms with van der Waals surface area (Å²) < 4.78 is 62.5. The van der Waals surface area contributed by atoms with Crippen LogP contribution in [0, 0.1) is 0 Å². The molecule has 0 spiro atoms. The second-order valence-electron chi connectivity index (χ2n) is 5.87. The highest BCUT2D eigenvalue weighted by molar-refractivity contribution is 7.54. The second kappa shape index (κ2) is 9.91. The van der Waals surface area contributed by atoms with Gasteiger partial charge >= 0.3 is 19.8 Å². The van der Waals surface area contributed by atoms with Crippen molar-refractivity contribution in [2.24, 2.45) is 0 Å². The Morgan fingerprint density at radius 2 is 1.66 bits per heavy atom. The molecule has 29 heavy (non-hydrogen) atoms. The molecule has 0 unspecified atom stereocenters. The Morgan fingerprint density at radius 1 is 1.03 bits per heavy atom. The van der Waals surface area contributed by atoms with Crippen LogP contribution in [0.25, 0.3) is 0 Å². The smallest absolute Gasteiger partial charge is 0.320 e. The molecule has 2 aromatic carbocycles. The summed E-state index contributed by atoms with van der Waals surface area (Å²) in [5.74, 6) is -1.14. The lowest BCUT2D eigenvalue weighted by atomic mass is 10.2. The van der Waals surface area contributed by atoms with E-state index in [1.54, 1.807) is 44.2 Å². The molecule has 10 heteroatoms. The molecule has 0 heterocycles. The van der Waals surface area contributed by atoms with Gasteiger partial charge in [0.2, 0.25) is 0 Å². The molecule has 0 saturated heterocycles. The number of urea groups is 1. The monoisotopic (exact) mass is 430 g/mol. The van der Waals surface area contributed by atoms with Crippen LogP contribution in [0.2, 0.25) is 0 Å². The van der Waals surface area contributed by atoms with Gasteiger partial charge in [-0.05, 0) is 37.6 Å². The molecule has 0 bridgehead atoms. The highest BCUT2D eigenvalue weighted by Gasteiger charge is 2.38. The van der Waals surface area contributed by atoms with Crippen LogP contribution in [0.5, 0.6) is 0 Å². The molecule has 0 aromatic heterocycles. The standard InChI is InChI=1S/C19H22F3N2O4P/c1-3-27-29(26,28-4-2)17(14-9-6-5-7-10-14)24-18(25)23-16-12-8-11-15(13-16)19(20,21)22/h5-13,17H,3-4H2,1-2H3,(H2,23,24,25)/t17-/m1/s1. The van der Waals surface area contributed by atoms with E-state index in [4.69, 9.17) is 9.05 Å². The predicted octanol–water partition coefficient (Wildman–Crippen LogP) is 5.79. The van der Waals surface area contributed by atoms with Crippen LogP contribution in [0.3, 0.4) is 0 Å². The number of hydrogen-bond donors (Lipinski definition) is 2. The molecule has 6 nitrogen and oxygen atoms in total. The zero-order chi connectivity index (χ0) is 21.5. The quantitative estimate of drug-likeness (QED) is 0.520.